The largest absolute Gasteiger partial charge is 0.472 e. The minimum atomic E-state index is -4.44. The van der Waals surface area contributed by atoms with Crippen molar-refractivity contribution in [3.8, 4) is 0 Å². The second kappa shape index (κ2) is 53.6. The molecule has 0 aromatic carbocycles. The van der Waals surface area contributed by atoms with E-state index in [1.54, 1.807) is 0 Å². The highest BCUT2D eigenvalue weighted by Crippen LogP contribution is 2.43. The summed E-state index contributed by atoms with van der Waals surface area (Å²) in [4.78, 5) is 23.3. The van der Waals surface area contributed by atoms with Gasteiger partial charge in [-0.25, -0.2) is 4.57 Å². The predicted molar refractivity (Wildman–Crippen MR) is 315 cm³/mol. The number of aliphatic hydroxyl groups is 2. The summed E-state index contributed by atoms with van der Waals surface area (Å²) in [6, 6.07) is -1.06. The number of hydrogen-bond acceptors (Lipinski definition) is 6. The van der Waals surface area contributed by atoms with Crippen LogP contribution in [0, 0.1) is 0 Å². The van der Waals surface area contributed by atoms with Crippen LogP contribution in [0.2, 0.25) is 0 Å². The van der Waals surface area contributed by atoms with E-state index in [2.05, 4.69) is 73.0 Å². The van der Waals surface area contributed by atoms with Crippen molar-refractivity contribution in [2.75, 3.05) is 40.9 Å². The molecule has 1 amide bonds. The first-order chi connectivity index (χ1) is 35.4. The lowest BCUT2D eigenvalue weighted by Gasteiger charge is -2.28. The molecule has 0 aromatic rings. The molecule has 4 N–H and O–H groups in total. The van der Waals surface area contributed by atoms with Gasteiger partial charge in [0.1, 0.15) is 19.3 Å². The first-order valence-corrected chi connectivity index (χ1v) is 32.2. The monoisotopic (exact) mass is 1050 g/mol. The number of carbonyl (C=O) groups excluding carboxylic acids is 1. The molecule has 10 heteroatoms. The molecule has 0 spiro atoms. The molecule has 0 bridgehead atoms. The molecule has 73 heavy (non-hydrogen) atoms. The van der Waals surface area contributed by atoms with Crippen LogP contribution in [-0.4, -0.2) is 84.6 Å². The van der Waals surface area contributed by atoms with Gasteiger partial charge < -0.3 is 24.9 Å². The molecule has 0 aliphatic heterocycles. The average Bonchev–Trinajstić information content (AvgIpc) is 3.35. The van der Waals surface area contributed by atoms with E-state index in [4.69, 9.17) is 9.05 Å². The highest BCUT2D eigenvalue weighted by atomic mass is 31.2. The molecule has 0 saturated heterocycles. The lowest BCUT2D eigenvalue weighted by Crippen LogP contribution is -2.51. The fraction of sp³-hybridized carbons (Fsp3) is 0.825. The van der Waals surface area contributed by atoms with Crippen molar-refractivity contribution in [1.29, 1.82) is 0 Å². The second-order valence-electron chi connectivity index (χ2n) is 22.2. The number of amides is 1. The number of phosphoric acid groups is 1. The Bertz CT molecular complexity index is 1390. The molecule has 0 aromatic heterocycles. The van der Waals surface area contributed by atoms with Gasteiger partial charge in [-0.2, -0.15) is 0 Å². The Morgan fingerprint density at radius 2 is 0.877 bits per heavy atom. The van der Waals surface area contributed by atoms with Crippen molar-refractivity contribution >= 4 is 13.7 Å². The van der Waals surface area contributed by atoms with Gasteiger partial charge in [-0.1, -0.05) is 241 Å². The fourth-order valence-electron chi connectivity index (χ4n) is 9.04. The molecule has 0 radical (unpaired) electrons. The molecular formula is C63H120N2O7P+. The number of carbonyl (C=O) groups is 1. The maximum Gasteiger partial charge on any atom is 0.472 e. The summed E-state index contributed by atoms with van der Waals surface area (Å²) >= 11 is 0. The van der Waals surface area contributed by atoms with E-state index in [1.165, 1.54) is 186 Å². The summed E-state index contributed by atoms with van der Waals surface area (Å²) in [6.45, 7) is 4.37. The molecule has 0 fully saturated rings. The minimum absolute atomic E-state index is 0.0121. The fourth-order valence-corrected chi connectivity index (χ4v) is 9.78. The normalized spacial score (nSPS) is 14.7. The Balaban J connectivity index is 3.98. The van der Waals surface area contributed by atoms with Crippen LogP contribution in [0.3, 0.4) is 0 Å². The van der Waals surface area contributed by atoms with E-state index >= 15 is 0 Å². The number of likely N-dealkylation sites (N-methyl/N-ethyl adjacent to an activating group) is 1. The zero-order valence-electron chi connectivity index (χ0n) is 48.5. The third-order valence-electron chi connectivity index (χ3n) is 13.9. The van der Waals surface area contributed by atoms with Crippen LogP contribution in [-0.2, 0) is 18.4 Å². The van der Waals surface area contributed by atoms with Gasteiger partial charge in [0.25, 0.3) is 0 Å². The number of allylic oxidation sites excluding steroid dienone is 10. The van der Waals surface area contributed by atoms with Crippen LogP contribution in [0.5, 0.6) is 0 Å². The lowest BCUT2D eigenvalue weighted by atomic mass is 10.0. The number of phosphoric ester groups is 1. The summed E-state index contributed by atoms with van der Waals surface area (Å²) in [5.41, 5.74) is 0. The third-order valence-corrected chi connectivity index (χ3v) is 14.9. The van der Waals surface area contributed by atoms with Gasteiger partial charge in [-0.05, 0) is 90.4 Å². The number of unbranched alkanes of at least 4 members (excludes halogenated alkanes) is 33. The van der Waals surface area contributed by atoms with E-state index in [9.17, 15) is 24.5 Å². The summed E-state index contributed by atoms with van der Waals surface area (Å²) < 4.78 is 23.6. The van der Waals surface area contributed by atoms with Crippen molar-refractivity contribution in [3.63, 3.8) is 0 Å². The Hall–Kier alpha value is -1.84. The molecule has 0 aliphatic rings. The topological polar surface area (TPSA) is 125 Å². The SMILES string of the molecule is C/C=C/CC/C=C/CC/C=C/CCCC(O)C(O)C(COP(=O)(O)OCC[N+](C)(C)C)NC(=O)CCCCCCCCCCCCCCCCCCCCCCCCCCC/C=C\C/C=C\CCCCCCC. The molecule has 0 aliphatic carbocycles. The molecule has 9 nitrogen and oxygen atoms in total. The smallest absolute Gasteiger partial charge is 0.390 e. The molecule has 4 unspecified atom stereocenters. The molecule has 0 heterocycles. The molecule has 428 valence electrons. The number of aliphatic hydroxyl groups excluding tert-OH is 2. The van der Waals surface area contributed by atoms with E-state index in [-0.39, 0.29) is 18.9 Å². The van der Waals surface area contributed by atoms with Crippen LogP contribution < -0.4 is 5.32 Å². The first-order valence-electron chi connectivity index (χ1n) is 30.7. The van der Waals surface area contributed by atoms with Crippen molar-refractivity contribution in [2.45, 2.75) is 295 Å². The van der Waals surface area contributed by atoms with Crippen LogP contribution in [0.4, 0.5) is 0 Å². The molecule has 0 rings (SSSR count). The van der Waals surface area contributed by atoms with Crippen molar-refractivity contribution in [1.82, 2.24) is 5.32 Å². The number of hydrogen-bond donors (Lipinski definition) is 4. The van der Waals surface area contributed by atoms with Crippen LogP contribution >= 0.6 is 7.82 Å². The highest BCUT2D eigenvalue weighted by Gasteiger charge is 2.32. The van der Waals surface area contributed by atoms with E-state index in [0.717, 1.165) is 57.8 Å². The first kappa shape index (κ1) is 71.2. The Morgan fingerprint density at radius 1 is 0.507 bits per heavy atom. The predicted octanol–water partition coefficient (Wildman–Crippen LogP) is 17.8. The number of rotatable bonds is 56. The van der Waals surface area contributed by atoms with Gasteiger partial charge in [0, 0.05) is 6.42 Å². The minimum Gasteiger partial charge on any atom is -0.390 e. The second-order valence-corrected chi connectivity index (χ2v) is 23.7. The Morgan fingerprint density at radius 3 is 1.30 bits per heavy atom. The maximum absolute atomic E-state index is 13.0. The van der Waals surface area contributed by atoms with Gasteiger partial charge in [0.15, 0.2) is 0 Å². The summed E-state index contributed by atoms with van der Waals surface area (Å²) in [5.74, 6) is -0.272. The van der Waals surface area contributed by atoms with Crippen molar-refractivity contribution in [3.05, 3.63) is 60.8 Å². The highest BCUT2D eigenvalue weighted by molar-refractivity contribution is 7.47. The van der Waals surface area contributed by atoms with Crippen LogP contribution in [0.1, 0.15) is 277 Å². The number of nitrogens with zero attached hydrogens (tertiary/aromatic N) is 1. The number of quaternary nitrogens is 1. The summed E-state index contributed by atoms with van der Waals surface area (Å²) in [6.07, 6.45) is 69.4. The molecule has 0 saturated carbocycles. The van der Waals surface area contributed by atoms with Crippen molar-refractivity contribution in [2.24, 2.45) is 0 Å². The zero-order valence-corrected chi connectivity index (χ0v) is 49.4. The van der Waals surface area contributed by atoms with Crippen molar-refractivity contribution < 1.29 is 38.0 Å². The van der Waals surface area contributed by atoms with Crippen LogP contribution in [0.25, 0.3) is 0 Å². The third kappa shape index (κ3) is 54.7. The summed E-state index contributed by atoms with van der Waals surface area (Å²) in [5, 5.41) is 24.8. The van der Waals surface area contributed by atoms with E-state index in [0.29, 0.717) is 23.9 Å². The van der Waals surface area contributed by atoms with E-state index in [1.807, 2.05) is 28.1 Å². The quantitative estimate of drug-likeness (QED) is 0.0207. The molecule has 4 atom stereocenters. The number of nitrogens with one attached hydrogen (secondary N) is 1. The van der Waals surface area contributed by atoms with E-state index < -0.39 is 32.7 Å². The Labute approximate surface area is 452 Å². The Kier molecular flexibility index (Phi) is 52.2. The van der Waals surface area contributed by atoms with Gasteiger partial charge in [-0.15, -0.1) is 0 Å². The van der Waals surface area contributed by atoms with Gasteiger partial charge in [0.2, 0.25) is 5.91 Å². The maximum atomic E-state index is 13.0. The standard InChI is InChI=1S/C63H119N2O7P/c1-6-8-10-12-14-16-18-20-21-22-23-24-25-26-27-28-29-30-31-32-33-34-35-36-37-38-39-40-41-42-43-44-46-48-50-52-54-56-62(67)64-60(59-72-73(69,70)71-58-57-65(3,4)5)63(68)61(66)55-53-51-49-47-45-19-17-15-13-11-9-7-2/h7,9,15,17-18,20,22-23,47,49,60-61,63,66,68H,6,8,10-14,16,19,21,24-46,48,50-59H2,1-5H3,(H-,64,67,69,70)/p+1/b9-7+,17-15+,20-18-,23-22-,49-47+. The lowest BCUT2D eigenvalue weighted by molar-refractivity contribution is -0.870. The van der Waals surface area contributed by atoms with Gasteiger partial charge >= 0.3 is 7.82 Å². The van der Waals surface area contributed by atoms with Gasteiger partial charge in [0.05, 0.1) is 39.9 Å². The summed E-state index contributed by atoms with van der Waals surface area (Å²) in [7, 11) is 1.41. The van der Waals surface area contributed by atoms with Crippen LogP contribution in [0.15, 0.2) is 60.8 Å². The van der Waals surface area contributed by atoms with Gasteiger partial charge in [-0.3, -0.25) is 13.8 Å². The average molecular weight is 1050 g/mol. The zero-order chi connectivity index (χ0) is 53.6. The molecular weight excluding hydrogens is 928 g/mol.